The first-order chi connectivity index (χ1) is 13.7. The first kappa shape index (κ1) is 21.7. The van der Waals surface area contributed by atoms with Crippen molar-refractivity contribution in [1.82, 2.24) is 0 Å². The Kier molecular flexibility index (Phi) is 5.86. The second-order valence-electron chi connectivity index (χ2n) is 11.8. The van der Waals surface area contributed by atoms with E-state index in [1.165, 1.54) is 51.4 Å². The first-order valence-electron chi connectivity index (χ1n) is 12.6. The van der Waals surface area contributed by atoms with Crippen LogP contribution in [0.4, 0.5) is 0 Å². The van der Waals surface area contributed by atoms with Gasteiger partial charge in [-0.1, -0.05) is 47.0 Å². The highest BCUT2D eigenvalue weighted by Crippen LogP contribution is 2.69. The second-order valence-corrected chi connectivity index (χ2v) is 11.8. The Hall–Kier alpha value is -0.570. The molecule has 10 atom stereocenters. The van der Waals surface area contributed by atoms with E-state index in [-0.39, 0.29) is 11.5 Å². The van der Waals surface area contributed by atoms with Gasteiger partial charge in [0.15, 0.2) is 0 Å². The molecule has 0 bridgehead atoms. The summed E-state index contributed by atoms with van der Waals surface area (Å²) >= 11 is 0. The van der Waals surface area contributed by atoms with Gasteiger partial charge in [-0.3, -0.25) is 4.79 Å². The molecule has 29 heavy (non-hydrogen) atoms. The molecule has 4 rings (SSSR count). The highest BCUT2D eigenvalue weighted by atomic mass is 16.4. The van der Waals surface area contributed by atoms with E-state index >= 15 is 0 Å². The summed E-state index contributed by atoms with van der Waals surface area (Å²) in [5.74, 6) is 3.41. The van der Waals surface area contributed by atoms with E-state index in [0.717, 1.165) is 12.8 Å². The molecule has 4 saturated carbocycles. The molecule has 0 spiro atoms. The van der Waals surface area contributed by atoms with Crippen molar-refractivity contribution in [2.45, 2.75) is 104 Å². The van der Waals surface area contributed by atoms with Crippen LogP contribution in [0.5, 0.6) is 0 Å². The SMILES string of the molecule is CC[C@@H]1C2CCCC[C@]2(C)C2CC[C@@]3(C)C(CC[C@@H]3[C@H](C)CCC(=O)O)C2[C@@H]1O. The van der Waals surface area contributed by atoms with Gasteiger partial charge in [0.25, 0.3) is 0 Å². The molecule has 3 heteroatoms. The van der Waals surface area contributed by atoms with Gasteiger partial charge in [-0.15, -0.1) is 0 Å². The van der Waals surface area contributed by atoms with Gasteiger partial charge in [0.1, 0.15) is 0 Å². The smallest absolute Gasteiger partial charge is 0.303 e. The predicted octanol–water partition coefficient (Wildman–Crippen LogP) is 6.14. The van der Waals surface area contributed by atoms with Crippen LogP contribution in [0.1, 0.15) is 98.3 Å². The van der Waals surface area contributed by atoms with Crippen LogP contribution in [-0.4, -0.2) is 22.3 Å². The van der Waals surface area contributed by atoms with Gasteiger partial charge in [-0.2, -0.15) is 0 Å². The minimum absolute atomic E-state index is 0.126. The molecule has 4 aliphatic carbocycles. The number of aliphatic carboxylic acids is 1. The van der Waals surface area contributed by atoms with E-state index in [2.05, 4.69) is 27.7 Å². The molecule has 0 aromatic rings. The van der Waals surface area contributed by atoms with E-state index in [1.54, 1.807) is 0 Å². The molecule has 3 nitrogen and oxygen atoms in total. The number of fused-ring (bicyclic) bond motifs is 5. The Morgan fingerprint density at radius 1 is 1.00 bits per heavy atom. The van der Waals surface area contributed by atoms with E-state index in [9.17, 15) is 9.90 Å². The minimum Gasteiger partial charge on any atom is -0.481 e. The van der Waals surface area contributed by atoms with Crippen LogP contribution in [0.15, 0.2) is 0 Å². The molecule has 0 aromatic heterocycles. The maximum atomic E-state index is 11.7. The van der Waals surface area contributed by atoms with E-state index in [0.29, 0.717) is 53.3 Å². The van der Waals surface area contributed by atoms with E-state index in [4.69, 9.17) is 5.11 Å². The Bertz CT molecular complexity index is 617. The van der Waals surface area contributed by atoms with Gasteiger partial charge >= 0.3 is 5.97 Å². The zero-order chi connectivity index (χ0) is 21.0. The number of carboxylic acids is 1. The van der Waals surface area contributed by atoms with Crippen LogP contribution in [0.25, 0.3) is 0 Å². The highest BCUT2D eigenvalue weighted by Gasteiger charge is 2.64. The van der Waals surface area contributed by atoms with Crippen LogP contribution in [0, 0.1) is 52.3 Å². The summed E-state index contributed by atoms with van der Waals surface area (Å²) in [5, 5.41) is 20.9. The summed E-state index contributed by atoms with van der Waals surface area (Å²) in [6, 6.07) is 0. The van der Waals surface area contributed by atoms with Crippen LogP contribution in [0.3, 0.4) is 0 Å². The normalized spacial score (nSPS) is 50.3. The molecule has 2 N–H and O–H groups in total. The van der Waals surface area contributed by atoms with Crippen molar-refractivity contribution < 1.29 is 15.0 Å². The lowest BCUT2D eigenvalue weighted by Crippen LogP contribution is -2.61. The molecule has 4 aliphatic rings. The van der Waals surface area contributed by atoms with E-state index < -0.39 is 5.97 Å². The molecule has 0 amide bonds. The lowest BCUT2D eigenvalue weighted by atomic mass is 9.41. The Balaban J connectivity index is 1.61. The highest BCUT2D eigenvalue weighted by molar-refractivity contribution is 5.66. The van der Waals surface area contributed by atoms with Gasteiger partial charge in [0.2, 0.25) is 0 Å². The van der Waals surface area contributed by atoms with Crippen molar-refractivity contribution in [1.29, 1.82) is 0 Å². The molecule has 4 unspecified atom stereocenters. The van der Waals surface area contributed by atoms with Crippen LogP contribution >= 0.6 is 0 Å². The fourth-order valence-corrected chi connectivity index (χ4v) is 9.57. The Labute approximate surface area is 178 Å². The minimum atomic E-state index is -0.662. The number of aliphatic hydroxyl groups excluding tert-OH is 1. The van der Waals surface area contributed by atoms with Crippen molar-refractivity contribution in [3.63, 3.8) is 0 Å². The van der Waals surface area contributed by atoms with Gasteiger partial charge in [0.05, 0.1) is 6.10 Å². The zero-order valence-corrected chi connectivity index (χ0v) is 19.2. The molecule has 0 heterocycles. The molecular weight excluding hydrogens is 360 g/mol. The summed E-state index contributed by atoms with van der Waals surface area (Å²) in [4.78, 5) is 11.1. The number of aliphatic hydroxyl groups is 1. The standard InChI is InChI=1S/C26H44O3/c1-5-17-19-8-6-7-14-25(19,3)21-13-15-26(4)18(16(2)9-12-22(27)28)10-11-20(26)23(21)24(17)29/h16-21,23-24,29H,5-15H2,1-4H3,(H,27,28)/t16-,17-,18-,19?,20?,21?,23?,24-,25+,26-/m1/s1. The fraction of sp³-hybridized carbons (Fsp3) is 0.962. The first-order valence-corrected chi connectivity index (χ1v) is 12.6. The van der Waals surface area contributed by atoms with Crippen molar-refractivity contribution in [3.05, 3.63) is 0 Å². The van der Waals surface area contributed by atoms with Crippen molar-refractivity contribution in [2.24, 2.45) is 52.3 Å². The number of hydrogen-bond donors (Lipinski definition) is 2. The summed E-state index contributed by atoms with van der Waals surface area (Å²) in [7, 11) is 0. The third-order valence-electron chi connectivity index (χ3n) is 10.9. The third-order valence-corrected chi connectivity index (χ3v) is 10.9. The largest absolute Gasteiger partial charge is 0.481 e. The van der Waals surface area contributed by atoms with Gasteiger partial charge in [0, 0.05) is 6.42 Å². The van der Waals surface area contributed by atoms with Gasteiger partial charge in [-0.05, 0) is 97.2 Å². The Morgan fingerprint density at radius 3 is 2.41 bits per heavy atom. The summed E-state index contributed by atoms with van der Waals surface area (Å²) in [6.45, 7) is 9.69. The average molecular weight is 405 g/mol. The molecule has 0 saturated heterocycles. The molecule has 0 aliphatic heterocycles. The third kappa shape index (κ3) is 3.29. The molecule has 0 aromatic carbocycles. The van der Waals surface area contributed by atoms with Gasteiger partial charge < -0.3 is 10.2 Å². The maximum absolute atomic E-state index is 11.7. The molecule has 166 valence electrons. The number of carbonyl (C=O) groups is 1. The fourth-order valence-electron chi connectivity index (χ4n) is 9.57. The van der Waals surface area contributed by atoms with Crippen molar-refractivity contribution in [3.8, 4) is 0 Å². The summed E-state index contributed by atoms with van der Waals surface area (Å²) in [6.07, 6.45) is 12.5. The van der Waals surface area contributed by atoms with Crippen LogP contribution in [0.2, 0.25) is 0 Å². The van der Waals surface area contributed by atoms with Crippen LogP contribution < -0.4 is 0 Å². The second kappa shape index (κ2) is 7.84. The lowest BCUT2D eigenvalue weighted by Gasteiger charge is -2.64. The number of rotatable bonds is 5. The van der Waals surface area contributed by atoms with E-state index in [1.807, 2.05) is 0 Å². The summed E-state index contributed by atoms with van der Waals surface area (Å²) < 4.78 is 0. The maximum Gasteiger partial charge on any atom is 0.303 e. The molecular formula is C26H44O3. The topological polar surface area (TPSA) is 57.5 Å². The summed E-state index contributed by atoms with van der Waals surface area (Å²) in [5.41, 5.74) is 0.716. The molecule has 4 fully saturated rings. The quantitative estimate of drug-likeness (QED) is 0.578. The molecule has 0 radical (unpaired) electrons. The number of carboxylic acid groups (broad SMARTS) is 1. The van der Waals surface area contributed by atoms with Crippen molar-refractivity contribution >= 4 is 5.97 Å². The van der Waals surface area contributed by atoms with Gasteiger partial charge in [-0.25, -0.2) is 0 Å². The number of hydrogen-bond acceptors (Lipinski definition) is 2. The van der Waals surface area contributed by atoms with Crippen LogP contribution in [-0.2, 0) is 4.79 Å². The van der Waals surface area contributed by atoms with Crippen molar-refractivity contribution in [2.75, 3.05) is 0 Å². The monoisotopic (exact) mass is 404 g/mol. The lowest BCUT2D eigenvalue weighted by molar-refractivity contribution is -0.194. The zero-order valence-electron chi connectivity index (χ0n) is 19.2. The average Bonchev–Trinajstić information content (AvgIpc) is 3.04. The predicted molar refractivity (Wildman–Crippen MR) is 116 cm³/mol. The Morgan fingerprint density at radius 2 is 1.72 bits per heavy atom.